The molecule has 3 heterocycles. The van der Waals surface area contributed by atoms with Crippen LogP contribution < -0.4 is 0 Å². The highest BCUT2D eigenvalue weighted by Gasteiger charge is 2.50. The normalized spacial score (nSPS) is 13.8. The fraction of sp³-hybridized carbons (Fsp3) is 0.0370. The van der Waals surface area contributed by atoms with E-state index in [1.165, 1.54) is 60.9 Å². The van der Waals surface area contributed by atoms with E-state index in [1.807, 2.05) is 30.3 Å². The van der Waals surface area contributed by atoms with Gasteiger partial charge in [0.2, 0.25) is 0 Å². The third-order valence-corrected chi connectivity index (χ3v) is 12.0. The van der Waals surface area contributed by atoms with Crippen molar-refractivity contribution in [3.05, 3.63) is 234 Å². The second-order valence-electron chi connectivity index (χ2n) is 14.9. The molecule has 1 aliphatic heterocycles. The van der Waals surface area contributed by atoms with Gasteiger partial charge in [-0.3, -0.25) is 0 Å². The Morgan fingerprint density at radius 3 is 1.88 bits per heavy atom. The van der Waals surface area contributed by atoms with E-state index >= 15 is 0 Å². The summed E-state index contributed by atoms with van der Waals surface area (Å²) in [5.41, 5.74) is 17.8. The summed E-state index contributed by atoms with van der Waals surface area (Å²) in [6.45, 7) is 6.51. The van der Waals surface area contributed by atoms with Gasteiger partial charge in [0, 0.05) is 21.9 Å². The summed E-state index contributed by atoms with van der Waals surface area (Å²) < 4.78 is 2.50. The predicted octanol–water partition coefficient (Wildman–Crippen LogP) is 13.3. The van der Waals surface area contributed by atoms with Crippen molar-refractivity contribution in [3.8, 4) is 39.5 Å². The molecule has 1 aliphatic carbocycles. The Labute approximate surface area is 332 Å². The monoisotopic (exact) mass is 727 g/mol. The fourth-order valence-corrected chi connectivity index (χ4v) is 9.55. The maximum atomic E-state index is 5.19. The van der Waals surface area contributed by atoms with Gasteiger partial charge in [-0.05, 0) is 93.4 Å². The molecule has 0 unspecified atom stereocenters. The van der Waals surface area contributed by atoms with Crippen molar-refractivity contribution in [3.63, 3.8) is 0 Å². The molecule has 11 rings (SSSR count). The zero-order valence-electron chi connectivity index (χ0n) is 31.5. The molecule has 2 aromatic heterocycles. The summed E-state index contributed by atoms with van der Waals surface area (Å²) in [5.74, 6) is 0.692. The van der Waals surface area contributed by atoms with Gasteiger partial charge in [0.15, 0.2) is 5.82 Å². The third-order valence-electron chi connectivity index (χ3n) is 12.0. The van der Waals surface area contributed by atoms with Crippen LogP contribution in [0.15, 0.2) is 201 Å². The first-order valence-electron chi connectivity index (χ1n) is 19.6. The van der Waals surface area contributed by atoms with Crippen molar-refractivity contribution < 1.29 is 0 Å². The maximum absolute atomic E-state index is 5.19. The van der Waals surface area contributed by atoms with Crippen LogP contribution in [0.3, 0.4) is 0 Å². The number of hydrogen-bond acceptors (Lipinski definition) is 2. The summed E-state index contributed by atoms with van der Waals surface area (Å²) in [6, 6.07) is 63.3. The molecule has 7 aromatic carbocycles. The Balaban J connectivity index is 1.19. The second kappa shape index (κ2) is 12.9. The molecule has 0 N–H and O–H groups in total. The number of benzene rings is 7. The maximum Gasteiger partial charge on any atom is 0.160 e. The van der Waals surface area contributed by atoms with Crippen LogP contribution in [-0.2, 0) is 5.41 Å². The minimum absolute atomic E-state index is 0.528. The second-order valence-corrected chi connectivity index (χ2v) is 14.9. The third kappa shape index (κ3) is 4.79. The molecule has 1 spiro atoms. The summed E-state index contributed by atoms with van der Waals surface area (Å²) in [4.78, 5) is 10.2. The van der Waals surface area contributed by atoms with E-state index < -0.39 is 5.41 Å². The Hall–Kier alpha value is -7.36. The lowest BCUT2D eigenvalue weighted by Gasteiger charge is -2.40. The van der Waals surface area contributed by atoms with Crippen LogP contribution in [-0.4, -0.2) is 14.5 Å². The van der Waals surface area contributed by atoms with Crippen LogP contribution in [0.5, 0.6) is 0 Å². The standard InChI is InChI=1S/C54H37N3/c1-3-35(31-36(4-2)48-34-49(37-19-7-5-8-20-37)56-53(55-48)38-21-9-6-10-22-38)39-32-43-42-25-13-17-29-50(42)57-51-30-18-16-28-46(51)54(47(33-39)52(43)57)44-26-14-11-23-40(44)41-24-12-15-27-45(41)54/h3-34H,1H2,2H3/b35-31+,36-4+. The molecule has 57 heavy (non-hydrogen) atoms. The summed E-state index contributed by atoms with van der Waals surface area (Å²) in [7, 11) is 0. The molecule has 268 valence electrons. The van der Waals surface area contributed by atoms with Crippen LogP contribution in [0.2, 0.25) is 0 Å². The number of fused-ring (bicyclic) bond motifs is 12. The van der Waals surface area contributed by atoms with Gasteiger partial charge in [0.25, 0.3) is 0 Å². The SMILES string of the molecule is C=C/C(=C\C(=C/C)c1cc(-c2ccccc2)nc(-c2ccccc2)n1)c1cc2c3c(c1)c1ccccc1n3-c1ccccc1C21c2ccccc2-c2ccccc21. The van der Waals surface area contributed by atoms with E-state index in [0.717, 1.165) is 39.2 Å². The Bertz CT molecular complexity index is 3040. The smallest absolute Gasteiger partial charge is 0.160 e. The largest absolute Gasteiger partial charge is 0.309 e. The highest BCUT2D eigenvalue weighted by molar-refractivity contribution is 6.14. The van der Waals surface area contributed by atoms with Crippen molar-refractivity contribution in [1.29, 1.82) is 0 Å². The minimum Gasteiger partial charge on any atom is -0.309 e. The molecule has 0 amide bonds. The molecule has 3 nitrogen and oxygen atoms in total. The van der Waals surface area contributed by atoms with Crippen molar-refractivity contribution >= 4 is 33.0 Å². The molecule has 9 aromatic rings. The minimum atomic E-state index is -0.528. The van der Waals surface area contributed by atoms with Gasteiger partial charge >= 0.3 is 0 Å². The Morgan fingerprint density at radius 2 is 1.18 bits per heavy atom. The first-order chi connectivity index (χ1) is 28.2. The first kappa shape index (κ1) is 33.0. The molecule has 0 fully saturated rings. The van der Waals surface area contributed by atoms with Crippen LogP contribution in [0, 0.1) is 0 Å². The molecule has 0 saturated heterocycles. The topological polar surface area (TPSA) is 30.7 Å². The van der Waals surface area contributed by atoms with E-state index in [0.29, 0.717) is 5.82 Å². The number of allylic oxidation sites excluding steroid dienone is 5. The van der Waals surface area contributed by atoms with Crippen LogP contribution in [0.1, 0.15) is 40.4 Å². The summed E-state index contributed by atoms with van der Waals surface area (Å²) in [6.07, 6.45) is 6.38. The highest BCUT2D eigenvalue weighted by atomic mass is 15.0. The molecule has 0 saturated carbocycles. The zero-order valence-corrected chi connectivity index (χ0v) is 31.5. The molecular formula is C54H37N3. The Kier molecular flexibility index (Phi) is 7.45. The quantitative estimate of drug-likeness (QED) is 0.160. The fourth-order valence-electron chi connectivity index (χ4n) is 9.55. The number of rotatable bonds is 6. The molecule has 3 heteroatoms. The number of nitrogens with zero attached hydrogens (tertiary/aromatic N) is 3. The van der Waals surface area contributed by atoms with E-state index in [1.54, 1.807) is 0 Å². The van der Waals surface area contributed by atoms with E-state index in [2.05, 4.69) is 182 Å². The highest BCUT2D eigenvalue weighted by Crippen LogP contribution is 2.61. The molecule has 2 aliphatic rings. The van der Waals surface area contributed by atoms with Crippen molar-refractivity contribution in [2.75, 3.05) is 0 Å². The van der Waals surface area contributed by atoms with Gasteiger partial charge in [-0.1, -0.05) is 164 Å². The van der Waals surface area contributed by atoms with Gasteiger partial charge in [0.05, 0.1) is 33.5 Å². The molecular weight excluding hydrogens is 691 g/mol. The average Bonchev–Trinajstić information content (AvgIpc) is 3.78. The van der Waals surface area contributed by atoms with E-state index in [9.17, 15) is 0 Å². The van der Waals surface area contributed by atoms with E-state index in [4.69, 9.17) is 9.97 Å². The van der Waals surface area contributed by atoms with Gasteiger partial charge in [-0.25, -0.2) is 9.97 Å². The molecule has 0 radical (unpaired) electrons. The Morgan fingerprint density at radius 1 is 0.561 bits per heavy atom. The average molecular weight is 728 g/mol. The number of aromatic nitrogens is 3. The lowest BCUT2D eigenvalue weighted by molar-refractivity contribution is 0.748. The zero-order chi connectivity index (χ0) is 38.1. The molecule has 0 bridgehead atoms. The van der Waals surface area contributed by atoms with Gasteiger partial charge < -0.3 is 4.57 Å². The van der Waals surface area contributed by atoms with Gasteiger partial charge in [-0.2, -0.15) is 0 Å². The van der Waals surface area contributed by atoms with Crippen LogP contribution in [0.25, 0.3) is 72.4 Å². The lowest BCUT2D eigenvalue weighted by atomic mass is 9.65. The number of para-hydroxylation sites is 2. The first-order valence-corrected chi connectivity index (χ1v) is 19.6. The van der Waals surface area contributed by atoms with E-state index in [-0.39, 0.29) is 0 Å². The van der Waals surface area contributed by atoms with Gasteiger partial charge in [-0.15, -0.1) is 0 Å². The van der Waals surface area contributed by atoms with Crippen molar-refractivity contribution in [2.24, 2.45) is 0 Å². The summed E-state index contributed by atoms with van der Waals surface area (Å²) in [5, 5.41) is 2.45. The predicted molar refractivity (Wildman–Crippen MR) is 236 cm³/mol. The molecule has 0 atom stereocenters. The van der Waals surface area contributed by atoms with Crippen molar-refractivity contribution in [1.82, 2.24) is 14.5 Å². The van der Waals surface area contributed by atoms with Crippen LogP contribution >= 0.6 is 0 Å². The number of hydrogen-bond donors (Lipinski definition) is 0. The van der Waals surface area contributed by atoms with Crippen molar-refractivity contribution in [2.45, 2.75) is 12.3 Å². The summed E-state index contributed by atoms with van der Waals surface area (Å²) >= 11 is 0. The lowest BCUT2D eigenvalue weighted by Crippen LogP contribution is -2.33. The van der Waals surface area contributed by atoms with Crippen LogP contribution in [0.4, 0.5) is 0 Å². The van der Waals surface area contributed by atoms with Gasteiger partial charge in [0.1, 0.15) is 0 Å².